The molecule has 1 aromatic carbocycles. The van der Waals surface area contributed by atoms with E-state index >= 15 is 0 Å². The zero-order valence-corrected chi connectivity index (χ0v) is 13.9. The topological polar surface area (TPSA) is 63.4 Å². The maximum atomic E-state index is 12.6. The van der Waals surface area contributed by atoms with Crippen molar-refractivity contribution in [3.05, 3.63) is 23.9 Å². The van der Waals surface area contributed by atoms with Gasteiger partial charge < -0.3 is 19.8 Å². The molecular weight excluding hydrogens is 292 g/mol. The second-order valence-corrected chi connectivity index (χ2v) is 6.29. The lowest BCUT2D eigenvalue weighted by Gasteiger charge is -2.29. The summed E-state index contributed by atoms with van der Waals surface area (Å²) < 4.78 is 10.7. The number of hydrogen-bond donors (Lipinski definition) is 2. The van der Waals surface area contributed by atoms with E-state index in [0.29, 0.717) is 23.1 Å². The Labute approximate surface area is 136 Å². The second kappa shape index (κ2) is 6.52. The number of fused-ring (bicyclic) bond motifs is 1. The van der Waals surface area contributed by atoms with Crippen molar-refractivity contribution in [1.82, 2.24) is 10.3 Å². The van der Waals surface area contributed by atoms with Gasteiger partial charge in [-0.2, -0.15) is 0 Å². The van der Waals surface area contributed by atoms with E-state index in [9.17, 15) is 4.79 Å². The van der Waals surface area contributed by atoms with Crippen LogP contribution in [0.5, 0.6) is 11.5 Å². The summed E-state index contributed by atoms with van der Waals surface area (Å²) in [7, 11) is 3.21. The Balaban J connectivity index is 1.86. The summed E-state index contributed by atoms with van der Waals surface area (Å²) in [5.41, 5.74) is 1.42. The van der Waals surface area contributed by atoms with E-state index in [-0.39, 0.29) is 11.9 Å². The molecule has 0 aliphatic heterocycles. The van der Waals surface area contributed by atoms with Gasteiger partial charge in [-0.3, -0.25) is 4.79 Å². The third-order valence-electron chi connectivity index (χ3n) is 4.81. The van der Waals surface area contributed by atoms with Gasteiger partial charge in [-0.25, -0.2) is 0 Å². The Hall–Kier alpha value is -2.17. The number of ether oxygens (including phenoxy) is 2. The van der Waals surface area contributed by atoms with Gasteiger partial charge in [-0.05, 0) is 37.0 Å². The quantitative estimate of drug-likeness (QED) is 0.907. The molecule has 5 nitrogen and oxygen atoms in total. The van der Waals surface area contributed by atoms with Gasteiger partial charge in [0, 0.05) is 11.4 Å². The minimum Gasteiger partial charge on any atom is -0.493 e. The van der Waals surface area contributed by atoms with E-state index in [4.69, 9.17) is 9.47 Å². The molecular formula is C18H24N2O3. The first kappa shape index (κ1) is 15.7. The number of carbonyl (C=O) groups is 1. The summed E-state index contributed by atoms with van der Waals surface area (Å²) >= 11 is 0. The van der Waals surface area contributed by atoms with E-state index in [1.54, 1.807) is 14.2 Å². The Morgan fingerprint density at radius 2 is 2.00 bits per heavy atom. The molecule has 3 rings (SSSR count). The Morgan fingerprint density at radius 1 is 1.22 bits per heavy atom. The lowest BCUT2D eigenvalue weighted by Crippen LogP contribution is -2.41. The molecule has 5 heteroatoms. The molecule has 2 aromatic rings. The Bertz CT molecular complexity index is 708. The number of methoxy groups -OCH3 is 2. The van der Waals surface area contributed by atoms with Crippen LogP contribution < -0.4 is 14.8 Å². The second-order valence-electron chi connectivity index (χ2n) is 6.29. The molecule has 1 amide bonds. The van der Waals surface area contributed by atoms with Crippen LogP contribution in [0.2, 0.25) is 0 Å². The number of aromatic amines is 1. The highest BCUT2D eigenvalue weighted by atomic mass is 16.5. The van der Waals surface area contributed by atoms with Crippen molar-refractivity contribution in [2.24, 2.45) is 5.92 Å². The van der Waals surface area contributed by atoms with Crippen LogP contribution in [0, 0.1) is 5.92 Å². The van der Waals surface area contributed by atoms with Gasteiger partial charge in [0.1, 0.15) is 5.69 Å². The van der Waals surface area contributed by atoms with Gasteiger partial charge in [0.15, 0.2) is 11.5 Å². The average Bonchev–Trinajstić information content (AvgIpc) is 3.00. The molecule has 124 valence electrons. The predicted molar refractivity (Wildman–Crippen MR) is 90.3 cm³/mol. The van der Waals surface area contributed by atoms with E-state index in [1.807, 2.05) is 18.2 Å². The van der Waals surface area contributed by atoms with Crippen molar-refractivity contribution in [2.45, 2.75) is 38.6 Å². The number of carbonyl (C=O) groups excluding carboxylic acids is 1. The maximum absolute atomic E-state index is 12.6. The molecule has 1 aliphatic rings. The van der Waals surface area contributed by atoms with Gasteiger partial charge in [0.05, 0.1) is 19.7 Å². The van der Waals surface area contributed by atoms with E-state index in [1.165, 1.54) is 19.3 Å². The fourth-order valence-electron chi connectivity index (χ4n) is 3.43. The van der Waals surface area contributed by atoms with Gasteiger partial charge >= 0.3 is 0 Å². The molecule has 1 saturated carbocycles. The zero-order chi connectivity index (χ0) is 16.4. The highest BCUT2D eigenvalue weighted by Crippen LogP contribution is 2.35. The molecule has 0 spiro atoms. The number of hydrogen-bond acceptors (Lipinski definition) is 3. The minimum atomic E-state index is -0.0547. The molecule has 1 aromatic heterocycles. The molecule has 0 bridgehead atoms. The van der Waals surface area contributed by atoms with Crippen molar-refractivity contribution in [1.29, 1.82) is 0 Å². The van der Waals surface area contributed by atoms with Crippen LogP contribution >= 0.6 is 0 Å². The van der Waals surface area contributed by atoms with Gasteiger partial charge in [0.25, 0.3) is 5.91 Å². The van der Waals surface area contributed by atoms with E-state index < -0.39 is 0 Å². The van der Waals surface area contributed by atoms with Crippen LogP contribution in [-0.4, -0.2) is 31.2 Å². The maximum Gasteiger partial charge on any atom is 0.267 e. The van der Waals surface area contributed by atoms with Crippen LogP contribution in [0.3, 0.4) is 0 Å². The van der Waals surface area contributed by atoms with Crippen LogP contribution in [0.25, 0.3) is 10.9 Å². The van der Waals surface area contributed by atoms with Crippen molar-refractivity contribution in [3.8, 4) is 11.5 Å². The average molecular weight is 316 g/mol. The van der Waals surface area contributed by atoms with Gasteiger partial charge in [0.2, 0.25) is 0 Å². The molecule has 2 atom stereocenters. The number of H-pyrrole nitrogens is 1. The fraction of sp³-hybridized carbons (Fsp3) is 0.500. The summed E-state index contributed by atoms with van der Waals surface area (Å²) in [5.74, 6) is 1.78. The molecule has 1 heterocycles. The summed E-state index contributed by atoms with van der Waals surface area (Å²) in [6, 6.07) is 5.83. The smallest absolute Gasteiger partial charge is 0.267 e. The summed E-state index contributed by atoms with van der Waals surface area (Å²) in [6.07, 6.45) is 4.69. The summed E-state index contributed by atoms with van der Waals surface area (Å²) in [5, 5.41) is 4.02. The lowest BCUT2D eigenvalue weighted by atomic mass is 9.86. The van der Waals surface area contributed by atoms with Gasteiger partial charge in [-0.15, -0.1) is 0 Å². The number of aromatic nitrogens is 1. The van der Waals surface area contributed by atoms with Crippen LogP contribution in [0.4, 0.5) is 0 Å². The SMILES string of the molecule is COc1ccc2[nH]c(C(=O)NC3CCCCC3C)cc2c1OC. The fourth-order valence-corrected chi connectivity index (χ4v) is 3.43. The molecule has 2 unspecified atom stereocenters. The van der Waals surface area contributed by atoms with Crippen molar-refractivity contribution in [3.63, 3.8) is 0 Å². The van der Waals surface area contributed by atoms with E-state index in [2.05, 4.69) is 17.2 Å². The zero-order valence-electron chi connectivity index (χ0n) is 13.9. The summed E-state index contributed by atoms with van der Waals surface area (Å²) in [6.45, 7) is 2.21. The van der Waals surface area contributed by atoms with Crippen molar-refractivity contribution >= 4 is 16.8 Å². The monoisotopic (exact) mass is 316 g/mol. The third-order valence-corrected chi connectivity index (χ3v) is 4.81. The first-order valence-electron chi connectivity index (χ1n) is 8.18. The molecule has 1 fully saturated rings. The largest absolute Gasteiger partial charge is 0.493 e. The molecule has 0 radical (unpaired) electrons. The normalized spacial score (nSPS) is 21.2. The molecule has 23 heavy (non-hydrogen) atoms. The van der Waals surface area contributed by atoms with E-state index in [0.717, 1.165) is 17.3 Å². The summed E-state index contributed by atoms with van der Waals surface area (Å²) in [4.78, 5) is 15.7. The highest BCUT2D eigenvalue weighted by molar-refractivity contribution is 6.00. The Morgan fingerprint density at radius 3 is 2.70 bits per heavy atom. The van der Waals surface area contributed by atoms with Gasteiger partial charge in [-0.1, -0.05) is 19.8 Å². The minimum absolute atomic E-state index is 0.0547. The lowest BCUT2D eigenvalue weighted by molar-refractivity contribution is 0.0906. The number of nitrogens with one attached hydrogen (secondary N) is 2. The predicted octanol–water partition coefficient (Wildman–Crippen LogP) is 3.49. The number of amides is 1. The standard InChI is InChI=1S/C18H24N2O3/c1-11-6-4-5-7-13(11)20-18(21)15-10-12-14(19-15)8-9-16(22-2)17(12)23-3/h8-11,13,19H,4-7H2,1-3H3,(H,20,21). The van der Waals surface area contributed by atoms with Crippen molar-refractivity contribution in [2.75, 3.05) is 14.2 Å². The van der Waals surface area contributed by atoms with Crippen LogP contribution in [0.1, 0.15) is 43.1 Å². The first-order chi connectivity index (χ1) is 11.1. The third kappa shape index (κ3) is 3.00. The van der Waals surface area contributed by atoms with Crippen LogP contribution in [-0.2, 0) is 0 Å². The number of rotatable bonds is 4. The first-order valence-corrected chi connectivity index (χ1v) is 8.18. The molecule has 2 N–H and O–H groups in total. The van der Waals surface area contributed by atoms with Crippen molar-refractivity contribution < 1.29 is 14.3 Å². The molecule has 0 saturated heterocycles. The molecule has 1 aliphatic carbocycles. The number of benzene rings is 1. The van der Waals surface area contributed by atoms with Crippen LogP contribution in [0.15, 0.2) is 18.2 Å². The highest BCUT2D eigenvalue weighted by Gasteiger charge is 2.24. The Kier molecular flexibility index (Phi) is 4.46.